The Hall–Kier alpha value is -2.11. The number of tetrazole rings is 1. The zero-order valence-corrected chi connectivity index (χ0v) is 12.0. The molecule has 20 heavy (non-hydrogen) atoms. The maximum absolute atomic E-state index is 6.01. The van der Waals surface area contributed by atoms with Gasteiger partial charge in [-0.15, -0.1) is 5.10 Å². The molecule has 0 amide bonds. The highest BCUT2D eigenvalue weighted by Gasteiger charge is 2.49. The van der Waals surface area contributed by atoms with Crippen molar-refractivity contribution in [3.63, 3.8) is 0 Å². The summed E-state index contributed by atoms with van der Waals surface area (Å²) >= 11 is 0. The average molecular weight is 273 g/mol. The van der Waals surface area contributed by atoms with E-state index in [4.69, 9.17) is 10.5 Å². The first kappa shape index (κ1) is 12.9. The van der Waals surface area contributed by atoms with Gasteiger partial charge in [-0.1, -0.05) is 13.8 Å². The van der Waals surface area contributed by atoms with Gasteiger partial charge in [0.15, 0.2) is 5.82 Å². The van der Waals surface area contributed by atoms with E-state index in [0.29, 0.717) is 24.1 Å². The molecule has 1 unspecified atom stereocenters. The summed E-state index contributed by atoms with van der Waals surface area (Å²) in [5, 5.41) is 12.1. The minimum absolute atomic E-state index is 0.265. The largest absolute Gasteiger partial charge is 0.492 e. The molecule has 6 heteroatoms. The van der Waals surface area contributed by atoms with E-state index in [9.17, 15) is 0 Å². The van der Waals surface area contributed by atoms with Crippen molar-refractivity contribution in [1.82, 2.24) is 20.2 Å². The van der Waals surface area contributed by atoms with Gasteiger partial charge in [-0.2, -0.15) is 0 Å². The molecule has 1 aromatic heterocycles. The molecule has 0 spiro atoms. The van der Waals surface area contributed by atoms with Crippen LogP contribution in [0.3, 0.4) is 0 Å². The summed E-state index contributed by atoms with van der Waals surface area (Å²) in [6.07, 6.45) is 1.09. The van der Waals surface area contributed by atoms with Crippen molar-refractivity contribution in [1.29, 1.82) is 0 Å². The summed E-state index contributed by atoms with van der Waals surface area (Å²) in [4.78, 5) is 0. The van der Waals surface area contributed by atoms with Gasteiger partial charge in [0.1, 0.15) is 5.75 Å². The van der Waals surface area contributed by atoms with Gasteiger partial charge in [0, 0.05) is 5.56 Å². The number of nitrogen functional groups attached to an aromatic ring is 1. The Labute approximate surface area is 117 Å². The molecule has 1 aromatic carbocycles. The first-order chi connectivity index (χ1) is 9.53. The minimum Gasteiger partial charge on any atom is -0.492 e. The first-order valence-corrected chi connectivity index (χ1v) is 6.83. The topological polar surface area (TPSA) is 78.9 Å². The number of hydrogen-bond donors (Lipinski definition) is 1. The Morgan fingerprint density at radius 3 is 2.80 bits per heavy atom. The van der Waals surface area contributed by atoms with Crippen LogP contribution in [-0.4, -0.2) is 26.8 Å². The van der Waals surface area contributed by atoms with E-state index in [-0.39, 0.29) is 5.41 Å². The normalized spacial score (nSPS) is 19.9. The molecular weight excluding hydrogens is 254 g/mol. The summed E-state index contributed by atoms with van der Waals surface area (Å²) in [6.45, 7) is 6.96. The van der Waals surface area contributed by atoms with Crippen LogP contribution in [0.1, 0.15) is 33.2 Å². The molecule has 6 nitrogen and oxygen atoms in total. The van der Waals surface area contributed by atoms with Crippen LogP contribution in [0.15, 0.2) is 18.2 Å². The number of benzene rings is 1. The van der Waals surface area contributed by atoms with Gasteiger partial charge in [0.25, 0.3) is 0 Å². The van der Waals surface area contributed by atoms with Gasteiger partial charge in [0.05, 0.1) is 18.3 Å². The third-order valence-electron chi connectivity index (χ3n) is 3.82. The molecule has 1 fully saturated rings. The van der Waals surface area contributed by atoms with E-state index in [1.807, 2.05) is 29.8 Å². The minimum atomic E-state index is 0.265. The molecule has 0 bridgehead atoms. The van der Waals surface area contributed by atoms with E-state index in [2.05, 4.69) is 29.4 Å². The highest BCUT2D eigenvalue weighted by Crippen LogP contribution is 2.55. The molecule has 2 aromatic rings. The summed E-state index contributed by atoms with van der Waals surface area (Å²) in [7, 11) is 0. The second-order valence-electron chi connectivity index (χ2n) is 5.84. The van der Waals surface area contributed by atoms with Crippen molar-refractivity contribution in [3.05, 3.63) is 18.2 Å². The highest BCUT2D eigenvalue weighted by molar-refractivity contribution is 5.66. The van der Waals surface area contributed by atoms with E-state index in [1.54, 1.807) is 0 Å². The second kappa shape index (κ2) is 4.47. The van der Waals surface area contributed by atoms with Crippen LogP contribution in [-0.2, 0) is 0 Å². The zero-order valence-electron chi connectivity index (χ0n) is 12.0. The molecule has 1 aliphatic rings. The van der Waals surface area contributed by atoms with Crippen molar-refractivity contribution in [2.75, 3.05) is 12.3 Å². The van der Waals surface area contributed by atoms with Crippen molar-refractivity contribution < 1.29 is 4.74 Å². The van der Waals surface area contributed by atoms with E-state index >= 15 is 0 Å². The lowest BCUT2D eigenvalue weighted by molar-refractivity contribution is 0.342. The number of rotatable bonds is 4. The van der Waals surface area contributed by atoms with Crippen LogP contribution in [0.25, 0.3) is 11.4 Å². The van der Waals surface area contributed by atoms with Crippen molar-refractivity contribution in [2.45, 2.75) is 33.2 Å². The maximum atomic E-state index is 6.01. The Bertz CT molecular complexity index is 634. The monoisotopic (exact) mass is 273 g/mol. The van der Waals surface area contributed by atoms with E-state index < -0.39 is 0 Å². The molecule has 0 radical (unpaired) electrons. The number of hydrogen-bond acceptors (Lipinski definition) is 5. The van der Waals surface area contributed by atoms with Crippen LogP contribution >= 0.6 is 0 Å². The summed E-state index contributed by atoms with van der Waals surface area (Å²) in [5.41, 5.74) is 7.79. The SMILES string of the molecule is CCOc1ccc(-c2nnnn2C2CC2(C)C)cc1N. The maximum Gasteiger partial charge on any atom is 0.182 e. The smallest absolute Gasteiger partial charge is 0.182 e. The molecular formula is C14H19N5O. The third-order valence-corrected chi connectivity index (χ3v) is 3.82. The lowest BCUT2D eigenvalue weighted by Crippen LogP contribution is -2.05. The van der Waals surface area contributed by atoms with Gasteiger partial charge in [-0.25, -0.2) is 4.68 Å². The molecule has 0 saturated heterocycles. The molecule has 1 heterocycles. The van der Waals surface area contributed by atoms with Gasteiger partial charge in [-0.3, -0.25) is 0 Å². The van der Waals surface area contributed by atoms with Crippen LogP contribution in [0, 0.1) is 5.41 Å². The molecule has 3 rings (SSSR count). The fourth-order valence-electron chi connectivity index (χ4n) is 2.42. The molecule has 0 aliphatic heterocycles. The van der Waals surface area contributed by atoms with Crippen molar-refractivity contribution in [3.8, 4) is 17.1 Å². The third kappa shape index (κ3) is 2.11. The Kier molecular flexibility index (Phi) is 2.88. The van der Waals surface area contributed by atoms with E-state index in [0.717, 1.165) is 17.8 Å². The Balaban J connectivity index is 1.94. The average Bonchev–Trinajstić information content (AvgIpc) is 2.85. The number of nitrogens with zero attached hydrogens (tertiary/aromatic N) is 4. The number of aromatic nitrogens is 4. The van der Waals surface area contributed by atoms with Crippen LogP contribution in [0.4, 0.5) is 5.69 Å². The van der Waals surface area contributed by atoms with Crippen LogP contribution < -0.4 is 10.5 Å². The first-order valence-electron chi connectivity index (χ1n) is 6.83. The number of nitrogens with two attached hydrogens (primary N) is 1. The summed E-state index contributed by atoms with van der Waals surface area (Å²) < 4.78 is 7.35. The van der Waals surface area contributed by atoms with Gasteiger partial charge in [-0.05, 0) is 47.4 Å². The van der Waals surface area contributed by atoms with Gasteiger partial charge >= 0.3 is 0 Å². The molecule has 1 atom stereocenters. The molecule has 1 saturated carbocycles. The lowest BCUT2D eigenvalue weighted by atomic mass is 10.1. The quantitative estimate of drug-likeness (QED) is 0.865. The lowest BCUT2D eigenvalue weighted by Gasteiger charge is -2.09. The van der Waals surface area contributed by atoms with Crippen molar-refractivity contribution >= 4 is 5.69 Å². The highest BCUT2D eigenvalue weighted by atomic mass is 16.5. The molecule has 1 aliphatic carbocycles. The fraction of sp³-hybridized carbons (Fsp3) is 0.500. The molecule has 2 N–H and O–H groups in total. The Morgan fingerprint density at radius 1 is 1.45 bits per heavy atom. The second-order valence-corrected chi connectivity index (χ2v) is 5.84. The van der Waals surface area contributed by atoms with E-state index in [1.165, 1.54) is 0 Å². The van der Waals surface area contributed by atoms with Crippen LogP contribution in [0.2, 0.25) is 0 Å². The number of anilines is 1. The zero-order chi connectivity index (χ0) is 14.3. The summed E-state index contributed by atoms with van der Waals surface area (Å²) in [6, 6.07) is 6.03. The Morgan fingerprint density at radius 2 is 2.20 bits per heavy atom. The van der Waals surface area contributed by atoms with Gasteiger partial charge < -0.3 is 10.5 Å². The van der Waals surface area contributed by atoms with Crippen molar-refractivity contribution in [2.24, 2.45) is 5.41 Å². The molecule has 106 valence electrons. The van der Waals surface area contributed by atoms with Crippen LogP contribution in [0.5, 0.6) is 5.75 Å². The number of ether oxygens (including phenoxy) is 1. The van der Waals surface area contributed by atoms with Gasteiger partial charge in [0.2, 0.25) is 0 Å². The summed E-state index contributed by atoms with van der Waals surface area (Å²) in [5.74, 6) is 1.46. The standard InChI is InChI=1S/C14H19N5O/c1-4-20-11-6-5-9(7-10(11)15)13-16-17-18-19(13)12-8-14(12,2)3/h5-7,12H,4,8,15H2,1-3H3. The predicted octanol–water partition coefficient (Wildman–Crippen LogP) is 2.29. The fourth-order valence-corrected chi connectivity index (χ4v) is 2.42. The predicted molar refractivity (Wildman–Crippen MR) is 76.3 cm³/mol.